The summed E-state index contributed by atoms with van der Waals surface area (Å²) in [6.45, 7) is 7.12. The molecule has 24 heavy (non-hydrogen) atoms. The molecular formula is C16H24N2O6. The van der Waals surface area contributed by atoms with E-state index in [0.717, 1.165) is 4.90 Å². The van der Waals surface area contributed by atoms with Crippen LogP contribution in [0.5, 0.6) is 0 Å². The van der Waals surface area contributed by atoms with Crippen molar-refractivity contribution < 1.29 is 29.0 Å². The average molecular weight is 340 g/mol. The molecule has 0 radical (unpaired) electrons. The van der Waals surface area contributed by atoms with E-state index in [1.165, 1.54) is 6.92 Å². The summed E-state index contributed by atoms with van der Waals surface area (Å²) in [5.41, 5.74) is -1.95. The Morgan fingerprint density at radius 3 is 2.71 bits per heavy atom. The van der Waals surface area contributed by atoms with Crippen molar-refractivity contribution in [1.29, 1.82) is 0 Å². The Bertz CT molecular complexity index is 593. The first-order chi connectivity index (χ1) is 11.2. The Morgan fingerprint density at radius 1 is 1.46 bits per heavy atom. The molecule has 3 fully saturated rings. The number of fused-ring (bicyclic) bond motifs is 3. The second-order valence-corrected chi connectivity index (χ2v) is 7.07. The van der Waals surface area contributed by atoms with Gasteiger partial charge in [0.15, 0.2) is 0 Å². The lowest BCUT2D eigenvalue weighted by Gasteiger charge is -2.49. The van der Waals surface area contributed by atoms with Crippen LogP contribution in [-0.2, 0) is 23.9 Å². The standard InChI is InChI=1S/C16H24N2O6/c1-5-23-14(21)15(4)13(20)18-11(9(2)3)12(19)17-8-6-7-10(17)16(18,22)24-15/h9-11,22H,5-8H2,1-4H3/t10-,11-,15+,16-/m0/s1. The number of nitrogens with zero attached hydrogens (tertiary/aromatic N) is 2. The largest absolute Gasteiger partial charge is 0.463 e. The van der Waals surface area contributed by atoms with E-state index in [4.69, 9.17) is 9.47 Å². The Labute approximate surface area is 140 Å². The number of rotatable bonds is 3. The molecule has 3 rings (SSSR count). The summed E-state index contributed by atoms with van der Waals surface area (Å²) < 4.78 is 10.6. The lowest BCUT2D eigenvalue weighted by Crippen LogP contribution is -2.72. The van der Waals surface area contributed by atoms with Gasteiger partial charge < -0.3 is 19.5 Å². The third-order valence-electron chi connectivity index (χ3n) is 5.12. The fourth-order valence-electron chi connectivity index (χ4n) is 4.01. The fraction of sp³-hybridized carbons (Fsp3) is 0.812. The molecule has 3 aliphatic heterocycles. The summed E-state index contributed by atoms with van der Waals surface area (Å²) in [4.78, 5) is 40.8. The number of ether oxygens (including phenoxy) is 2. The van der Waals surface area contributed by atoms with Gasteiger partial charge in [-0.25, -0.2) is 4.79 Å². The number of hydrogen-bond acceptors (Lipinski definition) is 6. The van der Waals surface area contributed by atoms with E-state index < -0.39 is 35.5 Å². The molecule has 0 aromatic heterocycles. The van der Waals surface area contributed by atoms with Gasteiger partial charge in [-0.2, -0.15) is 0 Å². The molecule has 3 heterocycles. The van der Waals surface area contributed by atoms with Gasteiger partial charge in [-0.3, -0.25) is 14.5 Å². The minimum Gasteiger partial charge on any atom is -0.463 e. The van der Waals surface area contributed by atoms with Gasteiger partial charge in [0.25, 0.3) is 11.8 Å². The molecule has 1 N–H and O–H groups in total. The number of esters is 1. The molecule has 0 aliphatic carbocycles. The monoisotopic (exact) mass is 340 g/mol. The Kier molecular flexibility index (Phi) is 3.88. The van der Waals surface area contributed by atoms with Crippen LogP contribution in [0.3, 0.4) is 0 Å². The van der Waals surface area contributed by atoms with Gasteiger partial charge >= 0.3 is 5.97 Å². The van der Waals surface area contributed by atoms with Gasteiger partial charge in [-0.05, 0) is 32.6 Å². The second kappa shape index (κ2) is 5.42. The summed E-state index contributed by atoms with van der Waals surface area (Å²) in [5, 5.41) is 11.2. The van der Waals surface area contributed by atoms with Gasteiger partial charge in [0.2, 0.25) is 11.5 Å². The van der Waals surface area contributed by atoms with Crippen LogP contribution in [0.1, 0.15) is 40.5 Å². The molecule has 0 aromatic rings. The second-order valence-electron chi connectivity index (χ2n) is 7.07. The number of amides is 2. The van der Waals surface area contributed by atoms with Crippen LogP contribution in [0.15, 0.2) is 0 Å². The highest BCUT2D eigenvalue weighted by atomic mass is 16.7. The number of aliphatic hydroxyl groups is 1. The highest BCUT2D eigenvalue weighted by Crippen LogP contribution is 2.47. The summed E-state index contributed by atoms with van der Waals surface area (Å²) >= 11 is 0. The van der Waals surface area contributed by atoms with Crippen molar-refractivity contribution in [3.05, 3.63) is 0 Å². The average Bonchev–Trinajstić information content (AvgIpc) is 3.06. The minimum absolute atomic E-state index is 0.0889. The van der Waals surface area contributed by atoms with Crippen molar-refractivity contribution in [2.75, 3.05) is 13.2 Å². The lowest BCUT2D eigenvalue weighted by atomic mass is 9.93. The zero-order valence-electron chi connectivity index (χ0n) is 14.4. The quantitative estimate of drug-likeness (QED) is 0.567. The van der Waals surface area contributed by atoms with E-state index in [0.29, 0.717) is 19.4 Å². The first kappa shape index (κ1) is 17.2. The predicted molar refractivity (Wildman–Crippen MR) is 81.3 cm³/mol. The molecule has 3 saturated heterocycles. The van der Waals surface area contributed by atoms with Crippen LogP contribution in [0.2, 0.25) is 0 Å². The first-order valence-electron chi connectivity index (χ1n) is 8.42. The minimum atomic E-state index is -2.00. The molecule has 8 nitrogen and oxygen atoms in total. The molecule has 0 unspecified atom stereocenters. The van der Waals surface area contributed by atoms with E-state index in [2.05, 4.69) is 0 Å². The van der Waals surface area contributed by atoms with Crippen molar-refractivity contribution in [3.8, 4) is 0 Å². The summed E-state index contributed by atoms with van der Waals surface area (Å²) in [7, 11) is 0. The van der Waals surface area contributed by atoms with Crippen LogP contribution in [0, 0.1) is 5.92 Å². The molecule has 2 amide bonds. The van der Waals surface area contributed by atoms with Crippen LogP contribution in [-0.4, -0.2) is 69.4 Å². The Hall–Kier alpha value is -1.67. The zero-order chi connectivity index (χ0) is 17.9. The topological polar surface area (TPSA) is 96.4 Å². The van der Waals surface area contributed by atoms with E-state index in [9.17, 15) is 19.5 Å². The van der Waals surface area contributed by atoms with E-state index >= 15 is 0 Å². The maximum Gasteiger partial charge on any atom is 0.348 e. The van der Waals surface area contributed by atoms with Gasteiger partial charge in [0.05, 0.1) is 6.61 Å². The highest BCUT2D eigenvalue weighted by Gasteiger charge is 2.72. The van der Waals surface area contributed by atoms with Gasteiger partial charge in [0.1, 0.15) is 12.1 Å². The highest BCUT2D eigenvalue weighted by molar-refractivity contribution is 6.09. The Balaban J connectivity index is 2.09. The van der Waals surface area contributed by atoms with Gasteiger partial charge in [0, 0.05) is 6.54 Å². The van der Waals surface area contributed by atoms with E-state index in [1.807, 2.05) is 0 Å². The summed E-state index contributed by atoms with van der Waals surface area (Å²) in [6.07, 6.45) is 1.22. The molecule has 4 atom stereocenters. The molecule has 3 aliphatic rings. The molecule has 8 heteroatoms. The number of hydrogen-bond donors (Lipinski definition) is 1. The fourth-order valence-corrected chi connectivity index (χ4v) is 4.01. The van der Waals surface area contributed by atoms with E-state index in [1.54, 1.807) is 25.7 Å². The van der Waals surface area contributed by atoms with Gasteiger partial charge in [-0.1, -0.05) is 13.8 Å². The third kappa shape index (κ3) is 2.02. The van der Waals surface area contributed by atoms with Crippen molar-refractivity contribution in [3.63, 3.8) is 0 Å². The summed E-state index contributed by atoms with van der Waals surface area (Å²) in [5.74, 6) is -4.01. The maximum atomic E-state index is 13.0. The van der Waals surface area contributed by atoms with Crippen LogP contribution >= 0.6 is 0 Å². The molecule has 0 saturated carbocycles. The third-order valence-corrected chi connectivity index (χ3v) is 5.12. The van der Waals surface area contributed by atoms with Crippen molar-refractivity contribution in [2.45, 2.75) is 64.1 Å². The lowest BCUT2D eigenvalue weighted by molar-refractivity contribution is -0.313. The Morgan fingerprint density at radius 2 is 2.12 bits per heavy atom. The van der Waals surface area contributed by atoms with Gasteiger partial charge in [-0.15, -0.1) is 0 Å². The SMILES string of the molecule is CCOC(=O)[C@]1(C)O[C@@]2(O)[C@@H]3CCCN3C(=O)[C@H](C(C)C)N2C1=O. The van der Waals surface area contributed by atoms with Crippen molar-refractivity contribution >= 4 is 17.8 Å². The predicted octanol–water partition coefficient (Wildman–Crippen LogP) is -0.158. The number of carbonyl (C=O) groups excluding carboxylic acids is 3. The maximum absolute atomic E-state index is 13.0. The molecular weight excluding hydrogens is 316 g/mol. The van der Waals surface area contributed by atoms with Crippen LogP contribution in [0.25, 0.3) is 0 Å². The van der Waals surface area contributed by atoms with E-state index in [-0.39, 0.29) is 18.4 Å². The number of piperazine rings is 1. The van der Waals surface area contributed by atoms with Crippen molar-refractivity contribution in [2.24, 2.45) is 5.92 Å². The molecule has 0 spiro atoms. The molecule has 0 bridgehead atoms. The van der Waals surface area contributed by atoms with Crippen LogP contribution in [0.4, 0.5) is 0 Å². The first-order valence-corrected chi connectivity index (χ1v) is 8.42. The molecule has 134 valence electrons. The summed E-state index contributed by atoms with van der Waals surface area (Å²) in [6, 6.07) is -1.53. The zero-order valence-corrected chi connectivity index (χ0v) is 14.4. The molecule has 0 aromatic carbocycles. The normalized spacial score (nSPS) is 38.6. The number of carbonyl (C=O) groups is 3. The van der Waals surface area contributed by atoms with Crippen LogP contribution < -0.4 is 0 Å². The smallest absolute Gasteiger partial charge is 0.348 e. The van der Waals surface area contributed by atoms with Crippen molar-refractivity contribution in [1.82, 2.24) is 9.80 Å².